The first-order valence-corrected chi connectivity index (χ1v) is 7.12. The molecule has 0 fully saturated rings. The lowest BCUT2D eigenvalue weighted by atomic mass is 9.97. The van der Waals surface area contributed by atoms with Crippen LogP contribution in [0, 0.1) is 0 Å². The number of aliphatic hydroxyl groups excluding tert-OH is 2. The summed E-state index contributed by atoms with van der Waals surface area (Å²) < 4.78 is 4.54. The van der Waals surface area contributed by atoms with Gasteiger partial charge in [-0.2, -0.15) is 0 Å². The van der Waals surface area contributed by atoms with Gasteiger partial charge in [0.2, 0.25) is 0 Å². The number of esters is 1. The van der Waals surface area contributed by atoms with Crippen LogP contribution in [0.1, 0.15) is 36.8 Å². The van der Waals surface area contributed by atoms with E-state index in [0.29, 0.717) is 6.42 Å². The molecule has 0 saturated carbocycles. The van der Waals surface area contributed by atoms with E-state index in [1.807, 2.05) is 24.3 Å². The van der Waals surface area contributed by atoms with Crippen LogP contribution in [-0.4, -0.2) is 36.0 Å². The van der Waals surface area contributed by atoms with Gasteiger partial charge in [0.05, 0.1) is 7.11 Å². The van der Waals surface area contributed by atoms with Gasteiger partial charge >= 0.3 is 5.97 Å². The lowest BCUT2D eigenvalue weighted by Gasteiger charge is -2.12. The van der Waals surface area contributed by atoms with Crippen LogP contribution in [0.2, 0.25) is 0 Å². The molecule has 0 aliphatic carbocycles. The van der Waals surface area contributed by atoms with E-state index in [1.54, 1.807) is 0 Å². The Balaban J connectivity index is 2.52. The Morgan fingerprint density at radius 2 is 1.80 bits per heavy atom. The fraction of sp³-hybridized carbons (Fsp3) is 0.562. The standard InChI is InChI=1S/C16H24O4/c1-20-16(19)15(18)12-14-10-6-5-9-13(14)8-4-2-3-7-11-17/h5-6,9-10,15,17-18H,2-4,7-8,11-12H2,1H3. The Kier molecular flexibility index (Phi) is 7.92. The summed E-state index contributed by atoms with van der Waals surface area (Å²) in [6, 6.07) is 7.85. The first-order chi connectivity index (χ1) is 9.69. The Morgan fingerprint density at radius 3 is 2.45 bits per heavy atom. The van der Waals surface area contributed by atoms with Crippen LogP contribution in [0.25, 0.3) is 0 Å². The SMILES string of the molecule is COC(=O)C(O)Cc1ccccc1CCCCCCO. The molecule has 1 atom stereocenters. The molecule has 0 saturated heterocycles. The number of carbonyl (C=O) groups is 1. The first-order valence-electron chi connectivity index (χ1n) is 7.12. The summed E-state index contributed by atoms with van der Waals surface area (Å²) in [6.45, 7) is 0.252. The van der Waals surface area contributed by atoms with Crippen LogP contribution >= 0.6 is 0 Å². The first kappa shape index (κ1) is 16.7. The average molecular weight is 280 g/mol. The van der Waals surface area contributed by atoms with E-state index >= 15 is 0 Å². The number of aryl methyl sites for hydroxylation is 1. The van der Waals surface area contributed by atoms with Gasteiger partial charge in [-0.15, -0.1) is 0 Å². The van der Waals surface area contributed by atoms with E-state index in [1.165, 1.54) is 12.7 Å². The molecule has 2 N–H and O–H groups in total. The van der Waals surface area contributed by atoms with E-state index in [9.17, 15) is 9.90 Å². The summed E-state index contributed by atoms with van der Waals surface area (Å²) in [4.78, 5) is 11.3. The van der Waals surface area contributed by atoms with E-state index in [0.717, 1.165) is 37.7 Å². The zero-order valence-corrected chi connectivity index (χ0v) is 12.0. The predicted octanol–water partition coefficient (Wildman–Crippen LogP) is 1.86. The van der Waals surface area contributed by atoms with Crippen molar-refractivity contribution in [2.75, 3.05) is 13.7 Å². The van der Waals surface area contributed by atoms with Crippen molar-refractivity contribution in [1.29, 1.82) is 0 Å². The van der Waals surface area contributed by atoms with E-state index in [4.69, 9.17) is 5.11 Å². The second-order valence-electron chi connectivity index (χ2n) is 4.90. The molecule has 0 amide bonds. The smallest absolute Gasteiger partial charge is 0.335 e. The lowest BCUT2D eigenvalue weighted by Crippen LogP contribution is -2.24. The molecule has 0 heterocycles. The van der Waals surface area contributed by atoms with Crippen molar-refractivity contribution in [1.82, 2.24) is 0 Å². The van der Waals surface area contributed by atoms with Crippen molar-refractivity contribution < 1.29 is 19.7 Å². The summed E-state index contributed by atoms with van der Waals surface area (Å²) in [7, 11) is 1.28. The normalized spacial score (nSPS) is 12.2. The van der Waals surface area contributed by atoms with E-state index < -0.39 is 12.1 Å². The minimum Gasteiger partial charge on any atom is -0.467 e. The molecule has 4 nitrogen and oxygen atoms in total. The van der Waals surface area contributed by atoms with Gasteiger partial charge in [-0.3, -0.25) is 0 Å². The average Bonchev–Trinajstić information content (AvgIpc) is 2.47. The van der Waals surface area contributed by atoms with Gasteiger partial charge in [-0.25, -0.2) is 4.79 Å². The van der Waals surface area contributed by atoms with Gasteiger partial charge < -0.3 is 14.9 Å². The lowest BCUT2D eigenvalue weighted by molar-refractivity contribution is -0.150. The van der Waals surface area contributed by atoms with Gasteiger partial charge in [-0.05, 0) is 30.4 Å². The quantitative estimate of drug-likeness (QED) is 0.535. The maximum Gasteiger partial charge on any atom is 0.335 e. The molecule has 112 valence electrons. The molecule has 0 aliphatic rings. The highest BCUT2D eigenvalue weighted by Gasteiger charge is 2.17. The van der Waals surface area contributed by atoms with Crippen LogP contribution in [0.15, 0.2) is 24.3 Å². The Bertz CT molecular complexity index is 403. The molecule has 4 heteroatoms. The molecule has 1 unspecified atom stereocenters. The molecule has 0 spiro atoms. The van der Waals surface area contributed by atoms with Crippen LogP contribution in [-0.2, 0) is 22.4 Å². The predicted molar refractivity (Wildman–Crippen MR) is 77.4 cm³/mol. The van der Waals surface area contributed by atoms with Crippen molar-refractivity contribution >= 4 is 5.97 Å². The van der Waals surface area contributed by atoms with Gasteiger partial charge in [0.15, 0.2) is 6.10 Å². The highest BCUT2D eigenvalue weighted by Crippen LogP contribution is 2.15. The molecule has 0 radical (unpaired) electrons. The fourth-order valence-electron chi connectivity index (χ4n) is 2.21. The summed E-state index contributed by atoms with van der Waals surface area (Å²) in [5.74, 6) is -0.595. The van der Waals surface area contributed by atoms with E-state index in [2.05, 4.69) is 4.74 Å². The molecule has 0 aromatic heterocycles. The Morgan fingerprint density at radius 1 is 1.15 bits per heavy atom. The molecule has 1 rings (SSSR count). The molecule has 0 bridgehead atoms. The Labute approximate surface area is 120 Å². The number of rotatable bonds is 9. The second kappa shape index (κ2) is 9.50. The van der Waals surface area contributed by atoms with Gasteiger partial charge in [0.25, 0.3) is 0 Å². The molecule has 20 heavy (non-hydrogen) atoms. The third-order valence-electron chi connectivity index (χ3n) is 3.36. The molecular weight excluding hydrogens is 256 g/mol. The van der Waals surface area contributed by atoms with Crippen LogP contribution < -0.4 is 0 Å². The van der Waals surface area contributed by atoms with Crippen molar-refractivity contribution in [2.24, 2.45) is 0 Å². The maximum atomic E-state index is 11.3. The molecule has 0 aliphatic heterocycles. The summed E-state index contributed by atoms with van der Waals surface area (Å²) in [5.41, 5.74) is 2.16. The summed E-state index contributed by atoms with van der Waals surface area (Å²) in [6.07, 6.45) is 4.12. The fourth-order valence-corrected chi connectivity index (χ4v) is 2.21. The van der Waals surface area contributed by atoms with Crippen molar-refractivity contribution in [3.8, 4) is 0 Å². The van der Waals surface area contributed by atoms with Crippen molar-refractivity contribution in [3.63, 3.8) is 0 Å². The number of hydrogen-bond acceptors (Lipinski definition) is 4. The third kappa shape index (κ3) is 5.72. The highest BCUT2D eigenvalue weighted by molar-refractivity contribution is 5.74. The molecule has 1 aromatic rings. The number of aliphatic hydroxyl groups is 2. The minimum atomic E-state index is -1.10. The second-order valence-corrected chi connectivity index (χ2v) is 4.90. The zero-order valence-electron chi connectivity index (χ0n) is 12.0. The number of methoxy groups -OCH3 is 1. The summed E-state index contributed by atoms with van der Waals surface area (Å²) >= 11 is 0. The van der Waals surface area contributed by atoms with Gasteiger partial charge in [0, 0.05) is 13.0 Å². The van der Waals surface area contributed by atoms with Crippen LogP contribution in [0.3, 0.4) is 0 Å². The zero-order chi connectivity index (χ0) is 14.8. The highest BCUT2D eigenvalue weighted by atomic mass is 16.5. The Hall–Kier alpha value is -1.39. The van der Waals surface area contributed by atoms with Crippen LogP contribution in [0.5, 0.6) is 0 Å². The van der Waals surface area contributed by atoms with Crippen molar-refractivity contribution in [2.45, 2.75) is 44.6 Å². The number of hydrogen-bond donors (Lipinski definition) is 2. The molecular formula is C16H24O4. The number of carbonyl (C=O) groups excluding carboxylic acids is 1. The number of unbranched alkanes of at least 4 members (excludes halogenated alkanes) is 3. The minimum absolute atomic E-state index is 0.252. The van der Waals surface area contributed by atoms with Crippen LogP contribution in [0.4, 0.5) is 0 Å². The molecule has 1 aromatic carbocycles. The summed E-state index contributed by atoms with van der Waals surface area (Å²) in [5, 5.41) is 18.5. The topological polar surface area (TPSA) is 66.8 Å². The third-order valence-corrected chi connectivity index (χ3v) is 3.36. The largest absolute Gasteiger partial charge is 0.467 e. The van der Waals surface area contributed by atoms with Gasteiger partial charge in [-0.1, -0.05) is 37.1 Å². The van der Waals surface area contributed by atoms with Gasteiger partial charge in [0.1, 0.15) is 0 Å². The van der Waals surface area contributed by atoms with Crippen molar-refractivity contribution in [3.05, 3.63) is 35.4 Å². The van der Waals surface area contributed by atoms with E-state index in [-0.39, 0.29) is 6.61 Å². The monoisotopic (exact) mass is 280 g/mol. The number of ether oxygens (including phenoxy) is 1. The maximum absolute atomic E-state index is 11.3. The number of benzene rings is 1.